The van der Waals surface area contributed by atoms with E-state index in [1.807, 2.05) is 16.7 Å². The molecule has 3 heterocycles. The molecule has 5 aromatic rings. The van der Waals surface area contributed by atoms with Gasteiger partial charge in [-0.2, -0.15) is 0 Å². The summed E-state index contributed by atoms with van der Waals surface area (Å²) in [6.45, 7) is 0. The van der Waals surface area contributed by atoms with Crippen LogP contribution < -0.4 is 5.32 Å². The molecule has 6 heteroatoms. The van der Waals surface area contributed by atoms with Gasteiger partial charge in [-0.3, -0.25) is 9.38 Å². The molecule has 6 nitrogen and oxygen atoms in total. The van der Waals surface area contributed by atoms with E-state index in [4.69, 9.17) is 10.4 Å². The van der Waals surface area contributed by atoms with Gasteiger partial charge >= 0.3 is 0 Å². The first-order chi connectivity index (χ1) is 14.7. The second kappa shape index (κ2) is 6.29. The number of nitrogens with zero attached hydrogens (tertiary/aromatic N) is 4. The van der Waals surface area contributed by atoms with Gasteiger partial charge in [0.15, 0.2) is 5.65 Å². The van der Waals surface area contributed by atoms with E-state index in [9.17, 15) is 0 Å². The normalized spacial score (nSPS) is 13.3. The van der Waals surface area contributed by atoms with Gasteiger partial charge in [0.25, 0.3) is 0 Å². The molecule has 0 amide bonds. The number of nitrogens with one attached hydrogen (secondary N) is 2. The fourth-order valence-corrected chi connectivity index (χ4v) is 4.45. The molecule has 146 valence electrons. The van der Waals surface area contributed by atoms with Crippen molar-refractivity contribution in [3.05, 3.63) is 78.4 Å². The van der Waals surface area contributed by atoms with E-state index in [0.29, 0.717) is 0 Å². The number of aryl methyl sites for hydroxylation is 2. The second-order valence-electron chi connectivity index (χ2n) is 7.76. The number of anilines is 2. The lowest BCUT2D eigenvalue weighted by atomic mass is 10.1. The van der Waals surface area contributed by atoms with E-state index in [0.717, 1.165) is 52.5 Å². The molecular weight excluding hydrogens is 372 g/mol. The largest absolute Gasteiger partial charge is 0.350 e. The highest BCUT2D eigenvalue weighted by Gasteiger charge is 2.20. The third-order valence-corrected chi connectivity index (χ3v) is 5.92. The summed E-state index contributed by atoms with van der Waals surface area (Å²) in [6, 6.07) is 14.6. The summed E-state index contributed by atoms with van der Waals surface area (Å²) < 4.78 is 4.18. The van der Waals surface area contributed by atoms with Crippen molar-refractivity contribution in [2.45, 2.75) is 12.8 Å². The van der Waals surface area contributed by atoms with E-state index in [2.05, 4.69) is 64.5 Å². The highest BCUT2D eigenvalue weighted by molar-refractivity contribution is 6.03. The molecule has 6 rings (SSSR count). The maximum Gasteiger partial charge on any atom is 0.157 e. The smallest absolute Gasteiger partial charge is 0.157 e. The van der Waals surface area contributed by atoms with Crippen molar-refractivity contribution in [2.75, 3.05) is 5.32 Å². The number of benzene rings is 2. The van der Waals surface area contributed by atoms with Crippen LogP contribution in [0.2, 0.25) is 0 Å². The van der Waals surface area contributed by atoms with E-state index >= 15 is 0 Å². The summed E-state index contributed by atoms with van der Waals surface area (Å²) in [5.74, 6) is 0.914. The van der Waals surface area contributed by atoms with E-state index < -0.39 is 0 Å². The summed E-state index contributed by atoms with van der Waals surface area (Å²) in [6.07, 6.45) is 9.37. The maximum atomic E-state index is 8.09. The minimum absolute atomic E-state index is 0.730. The molecule has 2 N–H and O–H groups in total. The van der Waals surface area contributed by atoms with Crippen LogP contribution in [0.15, 0.2) is 67.3 Å². The van der Waals surface area contributed by atoms with Crippen LogP contribution >= 0.6 is 0 Å². The Labute approximate surface area is 173 Å². The van der Waals surface area contributed by atoms with Gasteiger partial charge < -0.3 is 15.3 Å². The average molecular weight is 392 g/mol. The zero-order valence-electron chi connectivity index (χ0n) is 16.6. The summed E-state index contributed by atoms with van der Waals surface area (Å²) in [5.41, 5.74) is 7.98. The highest BCUT2D eigenvalue weighted by atomic mass is 15.1. The van der Waals surface area contributed by atoms with Crippen LogP contribution in [-0.2, 0) is 13.5 Å². The molecule has 0 unspecified atom stereocenters. The second-order valence-corrected chi connectivity index (χ2v) is 7.76. The van der Waals surface area contributed by atoms with Crippen LogP contribution in [-0.4, -0.2) is 24.6 Å². The van der Waals surface area contributed by atoms with Gasteiger partial charge in [-0.05, 0) is 42.2 Å². The van der Waals surface area contributed by atoms with Crippen molar-refractivity contribution < 1.29 is 0 Å². The Kier molecular flexibility index (Phi) is 3.56. The summed E-state index contributed by atoms with van der Waals surface area (Å²) in [4.78, 5) is 9.17. The molecule has 0 bridgehead atoms. The van der Waals surface area contributed by atoms with Crippen molar-refractivity contribution in [1.82, 2.24) is 18.9 Å². The predicted molar refractivity (Wildman–Crippen MR) is 120 cm³/mol. The first kappa shape index (κ1) is 17.0. The fraction of sp³-hybridized carbons (Fsp3) is 0.125. The van der Waals surface area contributed by atoms with Crippen LogP contribution in [0, 0.1) is 5.41 Å². The van der Waals surface area contributed by atoms with Gasteiger partial charge in [0.1, 0.15) is 11.5 Å². The quantitative estimate of drug-likeness (QED) is 0.457. The molecule has 0 atom stereocenters. The number of para-hydroxylation sites is 1. The molecular formula is C24H20N6. The van der Waals surface area contributed by atoms with Gasteiger partial charge in [0.05, 0.1) is 6.20 Å². The van der Waals surface area contributed by atoms with E-state index in [-0.39, 0.29) is 0 Å². The summed E-state index contributed by atoms with van der Waals surface area (Å²) >= 11 is 0. The molecule has 1 aliphatic rings. The average Bonchev–Trinajstić information content (AvgIpc) is 3.43. The Morgan fingerprint density at radius 3 is 2.90 bits per heavy atom. The monoisotopic (exact) mass is 392 g/mol. The summed E-state index contributed by atoms with van der Waals surface area (Å²) in [5, 5.41) is 12.9. The standard InChI is InChI=1S/C24H20N6/c1-29-14-19(18-4-2-3-5-21(18)29)23-24(30-11-10-26-13-22(30)28-23)27-16-7-8-17-15(12-16)6-9-20(17)25/h2-5,7-8,10-14,25,27H,6,9H2,1H3. The molecule has 0 fully saturated rings. The van der Waals surface area contributed by atoms with E-state index in [1.54, 1.807) is 12.4 Å². The van der Waals surface area contributed by atoms with Gasteiger partial charge in [-0.15, -0.1) is 0 Å². The Bertz CT molecular complexity index is 1460. The predicted octanol–water partition coefficient (Wildman–Crippen LogP) is 4.95. The lowest BCUT2D eigenvalue weighted by Gasteiger charge is -2.10. The zero-order valence-corrected chi connectivity index (χ0v) is 16.6. The molecule has 0 radical (unpaired) electrons. The number of hydrogen-bond donors (Lipinski definition) is 2. The third kappa shape index (κ3) is 2.47. The first-order valence-corrected chi connectivity index (χ1v) is 10.0. The van der Waals surface area contributed by atoms with Crippen LogP contribution in [0.4, 0.5) is 11.5 Å². The maximum absolute atomic E-state index is 8.09. The van der Waals surface area contributed by atoms with Crippen LogP contribution in [0.1, 0.15) is 17.5 Å². The topological polar surface area (TPSA) is 71.0 Å². The molecule has 2 aromatic carbocycles. The van der Waals surface area contributed by atoms with Gasteiger partial charge in [-0.25, -0.2) is 4.98 Å². The molecule has 3 aromatic heterocycles. The van der Waals surface area contributed by atoms with Crippen molar-refractivity contribution in [3.63, 3.8) is 0 Å². The lowest BCUT2D eigenvalue weighted by molar-refractivity contribution is 0.970. The van der Waals surface area contributed by atoms with Crippen molar-refractivity contribution >= 4 is 33.8 Å². The number of imidazole rings is 1. The number of rotatable bonds is 3. The Balaban J connectivity index is 1.54. The number of aromatic nitrogens is 4. The van der Waals surface area contributed by atoms with Crippen molar-refractivity contribution in [3.8, 4) is 11.3 Å². The van der Waals surface area contributed by atoms with Crippen molar-refractivity contribution in [2.24, 2.45) is 7.05 Å². The number of fused-ring (bicyclic) bond motifs is 3. The SMILES string of the molecule is Cn1cc(-c2nc3cnccn3c2Nc2ccc3c(c2)CCC3=N)c2ccccc21. The van der Waals surface area contributed by atoms with Gasteiger partial charge in [0, 0.05) is 53.5 Å². The number of hydrogen-bond acceptors (Lipinski definition) is 4. The van der Waals surface area contributed by atoms with E-state index in [1.165, 1.54) is 16.5 Å². The lowest BCUT2D eigenvalue weighted by Crippen LogP contribution is -1.98. The van der Waals surface area contributed by atoms with Crippen molar-refractivity contribution in [1.29, 1.82) is 5.41 Å². The highest BCUT2D eigenvalue weighted by Crippen LogP contribution is 2.36. The molecule has 1 aliphatic carbocycles. The minimum Gasteiger partial charge on any atom is -0.350 e. The zero-order chi connectivity index (χ0) is 20.2. The Morgan fingerprint density at radius 2 is 1.97 bits per heavy atom. The van der Waals surface area contributed by atoms with Gasteiger partial charge in [0.2, 0.25) is 0 Å². The Hall–Kier alpha value is -3.93. The molecule has 0 saturated carbocycles. The molecule has 0 aliphatic heterocycles. The molecule has 30 heavy (non-hydrogen) atoms. The van der Waals surface area contributed by atoms with Crippen LogP contribution in [0.25, 0.3) is 27.8 Å². The summed E-state index contributed by atoms with van der Waals surface area (Å²) in [7, 11) is 2.06. The molecule has 0 saturated heterocycles. The fourth-order valence-electron chi connectivity index (χ4n) is 4.45. The van der Waals surface area contributed by atoms with Crippen LogP contribution in [0.5, 0.6) is 0 Å². The first-order valence-electron chi connectivity index (χ1n) is 10.0. The third-order valence-electron chi connectivity index (χ3n) is 5.92. The molecule has 0 spiro atoms. The van der Waals surface area contributed by atoms with Gasteiger partial charge in [-0.1, -0.05) is 24.3 Å². The Morgan fingerprint density at radius 1 is 1.07 bits per heavy atom. The van der Waals surface area contributed by atoms with Crippen LogP contribution in [0.3, 0.4) is 0 Å². The minimum atomic E-state index is 0.730.